The van der Waals surface area contributed by atoms with Gasteiger partial charge in [-0.15, -0.1) is 0 Å². The van der Waals surface area contributed by atoms with Crippen molar-refractivity contribution in [3.8, 4) is 0 Å². The Bertz CT molecular complexity index is 418. The van der Waals surface area contributed by atoms with Gasteiger partial charge in [0.2, 0.25) is 0 Å². The highest BCUT2D eigenvalue weighted by molar-refractivity contribution is 6.30. The normalized spacial score (nSPS) is 24.4. The predicted octanol–water partition coefficient (Wildman–Crippen LogP) is 2.23. The number of Topliss-reactive ketones (excluding diaryl/α,β-unsaturated/α-hetero) is 1. The summed E-state index contributed by atoms with van der Waals surface area (Å²) < 4.78 is 0. The zero-order chi connectivity index (χ0) is 13.1. The minimum Gasteiger partial charge on any atom is -0.395 e. The van der Waals surface area contributed by atoms with Gasteiger partial charge in [-0.1, -0.05) is 18.5 Å². The first-order valence-electron chi connectivity index (χ1n) is 6.25. The van der Waals surface area contributed by atoms with E-state index >= 15 is 0 Å². The number of likely N-dealkylation sites (tertiary alicyclic amines) is 1. The van der Waals surface area contributed by atoms with E-state index in [0.29, 0.717) is 23.0 Å². The molecule has 2 rings (SSSR count). The molecule has 0 aromatic heterocycles. The lowest BCUT2D eigenvalue weighted by atomic mass is 10.0. The zero-order valence-corrected chi connectivity index (χ0v) is 11.2. The number of hydrogen-bond acceptors (Lipinski definition) is 3. The van der Waals surface area contributed by atoms with E-state index in [2.05, 4.69) is 11.8 Å². The van der Waals surface area contributed by atoms with Crippen LogP contribution in [0.25, 0.3) is 0 Å². The molecule has 0 saturated carbocycles. The van der Waals surface area contributed by atoms with Gasteiger partial charge in [-0.05, 0) is 43.1 Å². The molecule has 4 heteroatoms. The number of rotatable bonds is 4. The number of hydrogen-bond donors (Lipinski definition) is 1. The van der Waals surface area contributed by atoms with Gasteiger partial charge in [0.15, 0.2) is 5.78 Å². The maximum atomic E-state index is 12.1. The van der Waals surface area contributed by atoms with Crippen molar-refractivity contribution in [1.82, 2.24) is 4.90 Å². The van der Waals surface area contributed by atoms with Crippen LogP contribution in [0.2, 0.25) is 5.02 Å². The number of carbonyl (C=O) groups excluding carboxylic acids is 1. The second-order valence-electron chi connectivity index (χ2n) is 4.92. The minimum atomic E-state index is 0.0826. The first kappa shape index (κ1) is 13.5. The van der Waals surface area contributed by atoms with E-state index in [1.165, 1.54) is 0 Å². The molecule has 18 heavy (non-hydrogen) atoms. The molecule has 98 valence electrons. The Balaban J connectivity index is 2.01. The van der Waals surface area contributed by atoms with Crippen molar-refractivity contribution in [2.45, 2.75) is 19.4 Å². The summed E-state index contributed by atoms with van der Waals surface area (Å²) in [4.78, 5) is 14.2. The molecule has 1 fully saturated rings. The molecule has 0 amide bonds. The topological polar surface area (TPSA) is 40.5 Å². The van der Waals surface area contributed by atoms with E-state index in [9.17, 15) is 9.90 Å². The molecule has 1 aliphatic rings. The summed E-state index contributed by atoms with van der Waals surface area (Å²) in [5, 5.41) is 9.99. The third-order valence-corrected chi connectivity index (χ3v) is 3.95. The first-order valence-corrected chi connectivity index (χ1v) is 6.63. The van der Waals surface area contributed by atoms with Gasteiger partial charge in [0.25, 0.3) is 0 Å². The number of nitrogens with zero attached hydrogens (tertiary/aromatic N) is 1. The summed E-state index contributed by atoms with van der Waals surface area (Å²) in [6.45, 7) is 3.49. The molecule has 1 saturated heterocycles. The van der Waals surface area contributed by atoms with Gasteiger partial charge < -0.3 is 5.11 Å². The molecule has 1 N–H and O–H groups in total. The first-order chi connectivity index (χ1) is 8.61. The Morgan fingerprint density at radius 3 is 2.72 bits per heavy atom. The predicted molar refractivity (Wildman–Crippen MR) is 72.0 cm³/mol. The number of ketones is 1. The number of aliphatic hydroxyl groups excluding tert-OH is 1. The molecule has 0 radical (unpaired) electrons. The van der Waals surface area contributed by atoms with Crippen LogP contribution in [-0.4, -0.2) is 41.5 Å². The Labute approximate surface area is 112 Å². The molecule has 1 aliphatic heterocycles. The molecule has 1 aromatic rings. The summed E-state index contributed by atoms with van der Waals surface area (Å²) in [6.07, 6.45) is 1.04. The second kappa shape index (κ2) is 5.83. The van der Waals surface area contributed by atoms with Gasteiger partial charge in [-0.3, -0.25) is 9.69 Å². The van der Waals surface area contributed by atoms with Gasteiger partial charge >= 0.3 is 0 Å². The molecule has 1 aromatic carbocycles. The molecule has 3 nitrogen and oxygen atoms in total. The average molecular weight is 268 g/mol. The van der Waals surface area contributed by atoms with Crippen molar-refractivity contribution in [1.29, 1.82) is 0 Å². The van der Waals surface area contributed by atoms with E-state index < -0.39 is 0 Å². The summed E-state index contributed by atoms with van der Waals surface area (Å²) in [7, 11) is 0. The fourth-order valence-electron chi connectivity index (χ4n) is 2.49. The summed E-state index contributed by atoms with van der Waals surface area (Å²) in [5.74, 6) is 0.534. The molecule has 0 spiro atoms. The second-order valence-corrected chi connectivity index (χ2v) is 5.35. The molecule has 2 unspecified atom stereocenters. The lowest BCUT2D eigenvalue weighted by molar-refractivity contribution is 0.0866. The van der Waals surface area contributed by atoms with Crippen LogP contribution in [-0.2, 0) is 0 Å². The van der Waals surface area contributed by atoms with Crippen LogP contribution in [0.15, 0.2) is 24.3 Å². The molecule has 0 bridgehead atoms. The molecular weight excluding hydrogens is 250 g/mol. The Kier molecular flexibility index (Phi) is 4.38. The smallest absolute Gasteiger partial charge is 0.176 e. The number of carbonyl (C=O) groups is 1. The largest absolute Gasteiger partial charge is 0.395 e. The van der Waals surface area contributed by atoms with E-state index in [-0.39, 0.29) is 18.4 Å². The highest BCUT2D eigenvalue weighted by Gasteiger charge is 2.31. The number of aliphatic hydroxyl groups is 1. The van der Waals surface area contributed by atoms with Crippen molar-refractivity contribution in [3.63, 3.8) is 0 Å². The van der Waals surface area contributed by atoms with Crippen molar-refractivity contribution in [3.05, 3.63) is 34.9 Å². The lowest BCUT2D eigenvalue weighted by Gasteiger charge is -2.24. The highest BCUT2D eigenvalue weighted by Crippen LogP contribution is 2.23. The van der Waals surface area contributed by atoms with Crippen LogP contribution in [0.1, 0.15) is 23.7 Å². The summed E-state index contributed by atoms with van der Waals surface area (Å²) in [5.41, 5.74) is 0.677. The van der Waals surface area contributed by atoms with Crippen LogP contribution >= 0.6 is 11.6 Å². The van der Waals surface area contributed by atoms with Crippen LogP contribution in [0.3, 0.4) is 0 Å². The van der Waals surface area contributed by atoms with Crippen LogP contribution in [0.4, 0.5) is 0 Å². The maximum Gasteiger partial charge on any atom is 0.176 e. The van der Waals surface area contributed by atoms with E-state index in [1.807, 2.05) is 0 Å². The monoisotopic (exact) mass is 267 g/mol. The maximum absolute atomic E-state index is 12.1. The number of benzene rings is 1. The van der Waals surface area contributed by atoms with Crippen LogP contribution in [0.5, 0.6) is 0 Å². The fraction of sp³-hybridized carbons (Fsp3) is 0.500. The van der Waals surface area contributed by atoms with Gasteiger partial charge in [-0.25, -0.2) is 0 Å². The summed E-state index contributed by atoms with van der Waals surface area (Å²) >= 11 is 5.80. The van der Waals surface area contributed by atoms with Crippen molar-refractivity contribution in [2.75, 3.05) is 19.7 Å². The lowest BCUT2D eigenvalue weighted by Crippen LogP contribution is -2.38. The highest BCUT2D eigenvalue weighted by atomic mass is 35.5. The molecule has 1 heterocycles. The van der Waals surface area contributed by atoms with Crippen molar-refractivity contribution >= 4 is 17.4 Å². The van der Waals surface area contributed by atoms with Gasteiger partial charge in [-0.2, -0.15) is 0 Å². The SMILES string of the molecule is CC1CCN(CC(=O)c2ccc(Cl)cc2)C1CO. The zero-order valence-electron chi connectivity index (χ0n) is 10.5. The Hall–Kier alpha value is -0.900. The third kappa shape index (κ3) is 2.91. The standard InChI is InChI=1S/C14H18ClNO2/c1-10-6-7-16(13(10)9-17)8-14(18)11-2-4-12(15)5-3-11/h2-5,10,13,17H,6-9H2,1H3. The van der Waals surface area contributed by atoms with Crippen molar-refractivity contribution in [2.24, 2.45) is 5.92 Å². The van der Waals surface area contributed by atoms with E-state index in [1.54, 1.807) is 24.3 Å². The van der Waals surface area contributed by atoms with E-state index in [4.69, 9.17) is 11.6 Å². The summed E-state index contributed by atoms with van der Waals surface area (Å²) in [6, 6.07) is 7.06. The van der Waals surface area contributed by atoms with Crippen LogP contribution < -0.4 is 0 Å². The molecular formula is C14H18ClNO2. The van der Waals surface area contributed by atoms with Crippen molar-refractivity contribution < 1.29 is 9.90 Å². The van der Waals surface area contributed by atoms with Crippen LogP contribution in [0, 0.1) is 5.92 Å². The Morgan fingerprint density at radius 2 is 2.11 bits per heavy atom. The van der Waals surface area contributed by atoms with Gasteiger partial charge in [0, 0.05) is 16.6 Å². The molecule has 0 aliphatic carbocycles. The third-order valence-electron chi connectivity index (χ3n) is 3.70. The number of halogens is 1. The quantitative estimate of drug-likeness (QED) is 0.851. The fourth-order valence-corrected chi connectivity index (χ4v) is 2.62. The van der Waals surface area contributed by atoms with Gasteiger partial charge in [0.1, 0.15) is 0 Å². The Morgan fingerprint density at radius 1 is 1.44 bits per heavy atom. The van der Waals surface area contributed by atoms with Gasteiger partial charge in [0.05, 0.1) is 13.2 Å². The average Bonchev–Trinajstić information content (AvgIpc) is 2.70. The molecule has 2 atom stereocenters. The minimum absolute atomic E-state index is 0.0826. The van der Waals surface area contributed by atoms with E-state index in [0.717, 1.165) is 13.0 Å².